The fraction of sp³-hybridized carbons (Fsp3) is 0.440. The van der Waals surface area contributed by atoms with Crippen molar-refractivity contribution in [3.8, 4) is 11.3 Å². The third-order valence-corrected chi connectivity index (χ3v) is 15.0. The Labute approximate surface area is 407 Å². The van der Waals surface area contributed by atoms with Gasteiger partial charge in [-0.05, 0) is 106 Å². The minimum Gasteiger partial charge on any atom is -0.392 e. The normalized spacial score (nSPS) is 18.7. The molecule has 19 nitrogen and oxygen atoms in total. The van der Waals surface area contributed by atoms with Gasteiger partial charge in [-0.25, -0.2) is 24.6 Å². The summed E-state index contributed by atoms with van der Waals surface area (Å²) < 4.78 is 15.3. The van der Waals surface area contributed by atoms with E-state index < -0.39 is 25.5 Å². The number of hydrogen-bond acceptors (Lipinski definition) is 12. The molecule has 2 amide bonds. The summed E-state index contributed by atoms with van der Waals surface area (Å²) in [4.78, 5) is 82.6. The van der Waals surface area contributed by atoms with Crippen LogP contribution in [0.1, 0.15) is 80.5 Å². The number of nitrogens with one attached hydrogen (secondary N) is 3. The van der Waals surface area contributed by atoms with Gasteiger partial charge in [-0.1, -0.05) is 26.5 Å². The molecule has 1 aliphatic carbocycles. The predicted molar refractivity (Wildman–Crippen MR) is 271 cm³/mol. The monoisotopic (exact) mass is 974 g/mol. The number of rotatable bonds is 13. The lowest BCUT2D eigenvalue weighted by Crippen LogP contribution is -2.57. The van der Waals surface area contributed by atoms with Gasteiger partial charge in [-0.2, -0.15) is 0 Å². The van der Waals surface area contributed by atoms with E-state index in [0.29, 0.717) is 71.1 Å². The van der Waals surface area contributed by atoms with Crippen LogP contribution >= 0.6 is 7.75 Å². The van der Waals surface area contributed by atoms with Crippen molar-refractivity contribution < 1.29 is 29.0 Å². The fourth-order valence-electron chi connectivity index (χ4n) is 10.8. The first kappa shape index (κ1) is 48.8. The van der Waals surface area contributed by atoms with Crippen molar-refractivity contribution in [3.05, 3.63) is 112 Å². The number of carbonyl (C=O) groups excluding carboxylic acids is 2. The number of anilines is 6. The molecule has 9 rings (SSSR count). The van der Waals surface area contributed by atoms with Crippen molar-refractivity contribution in [2.75, 3.05) is 64.6 Å². The zero-order valence-corrected chi connectivity index (χ0v) is 41.5. The van der Waals surface area contributed by atoms with Gasteiger partial charge in [0.1, 0.15) is 17.3 Å². The van der Waals surface area contributed by atoms with Crippen molar-refractivity contribution in [1.29, 1.82) is 0 Å². The van der Waals surface area contributed by atoms with Crippen LogP contribution < -0.4 is 36.0 Å². The Morgan fingerprint density at radius 3 is 2.49 bits per heavy atom. The number of aromatic nitrogens is 5. The lowest BCUT2D eigenvalue weighted by atomic mass is 9.90. The molecule has 20 heteroatoms. The number of carbonyl (C=O) groups is 2. The van der Waals surface area contributed by atoms with Gasteiger partial charge < -0.3 is 44.5 Å². The Hall–Kier alpha value is -6.21. The number of aryl methyl sites for hydroxylation is 1. The van der Waals surface area contributed by atoms with E-state index in [0.717, 1.165) is 63.4 Å². The van der Waals surface area contributed by atoms with Crippen LogP contribution in [0.2, 0.25) is 0 Å². The molecule has 3 aliphatic heterocycles. The molecule has 4 aromatic heterocycles. The number of piperazine rings is 1. The van der Waals surface area contributed by atoms with Gasteiger partial charge >= 0.3 is 7.75 Å². The van der Waals surface area contributed by atoms with E-state index in [1.807, 2.05) is 30.3 Å². The molecular formula is C50H63N12O7P. The summed E-state index contributed by atoms with van der Waals surface area (Å²) in [5, 5.41) is 19.4. The minimum absolute atomic E-state index is 0.0255. The van der Waals surface area contributed by atoms with Crippen LogP contribution in [-0.2, 0) is 47.9 Å². The molecule has 1 aromatic carbocycles. The van der Waals surface area contributed by atoms with Crippen LogP contribution in [0.3, 0.4) is 0 Å². The average molecular weight is 975 g/mol. The highest BCUT2D eigenvalue weighted by molar-refractivity contribution is 7.49. The maximum atomic E-state index is 14.1. The lowest BCUT2D eigenvalue weighted by molar-refractivity contribution is -0.111. The SMILES string of the molecule is C=CC(=O)Nc1cc(Nc2nc(-c3ccnc(N4CCn5c(cc6c5CC(C)(C)C6)C4=O)c3CO)cn(C)c2=O)ccc1N1CCN(C2CCN(c3cccc(C(C)(C)NP(=O)(O)O)n3)CC2)C[C@@H]1C. The lowest BCUT2D eigenvalue weighted by Gasteiger charge is -2.47. The van der Waals surface area contributed by atoms with Crippen molar-refractivity contribution in [2.24, 2.45) is 12.5 Å². The Morgan fingerprint density at radius 1 is 1.00 bits per heavy atom. The first-order valence-electron chi connectivity index (χ1n) is 23.8. The van der Waals surface area contributed by atoms with Gasteiger partial charge in [0, 0.05) is 99.8 Å². The van der Waals surface area contributed by atoms with Crippen molar-refractivity contribution in [1.82, 2.24) is 34.1 Å². The molecule has 0 spiro atoms. The van der Waals surface area contributed by atoms with E-state index in [1.165, 1.54) is 21.9 Å². The largest absolute Gasteiger partial charge is 0.401 e. The standard InChI is InChI=1S/C50H63N12O7P/c1-8-44(64)53-37-25-33(12-13-39(37)60-21-20-59(28-31(60)2)34-15-18-58(19-16-34)43-11-9-10-42(55-43)50(5,6)56-70(67,68)69)52-45-48(66)57(7)29-38(54-45)35-14-17-51-46(36(35)30-63)62-23-22-61-40(47(62)65)24-32-26-49(3,4)27-41(32)61/h8-14,17,24-25,29,31,34,63H,1,15-16,18-23,26-28,30H2,2-7H3,(H,52,54)(H,53,64)(H3,56,67,68,69)/t31-/m0/s1. The summed E-state index contributed by atoms with van der Waals surface area (Å²) in [7, 11) is -2.85. The first-order chi connectivity index (χ1) is 33.2. The molecule has 0 bridgehead atoms. The number of fused-ring (bicyclic) bond motifs is 3. The number of nitrogens with zero attached hydrogens (tertiary/aromatic N) is 9. The molecule has 370 valence electrons. The smallest absolute Gasteiger partial charge is 0.392 e. The van der Waals surface area contributed by atoms with E-state index in [4.69, 9.17) is 9.97 Å². The molecule has 2 saturated heterocycles. The van der Waals surface area contributed by atoms with Crippen LogP contribution in [0.4, 0.5) is 34.5 Å². The number of aliphatic hydroxyl groups excluding tert-OH is 1. The molecule has 4 aliphatic rings. The Kier molecular flexibility index (Phi) is 13.1. The number of benzene rings is 1. The third-order valence-electron chi connectivity index (χ3n) is 14.2. The maximum absolute atomic E-state index is 14.1. The van der Waals surface area contributed by atoms with Crippen molar-refractivity contribution >= 4 is 54.1 Å². The maximum Gasteiger partial charge on any atom is 0.401 e. The third kappa shape index (κ3) is 9.78. The molecule has 6 N–H and O–H groups in total. The van der Waals surface area contributed by atoms with Crippen LogP contribution in [0.5, 0.6) is 0 Å². The van der Waals surface area contributed by atoms with Crippen molar-refractivity contribution in [2.45, 2.75) is 91.1 Å². The second-order valence-corrected chi connectivity index (χ2v) is 21.6. The van der Waals surface area contributed by atoms with E-state index in [2.05, 4.69) is 67.3 Å². The zero-order chi connectivity index (χ0) is 49.9. The highest BCUT2D eigenvalue weighted by Gasteiger charge is 2.38. The fourth-order valence-corrected chi connectivity index (χ4v) is 11.7. The summed E-state index contributed by atoms with van der Waals surface area (Å²) in [6.45, 7) is 18.2. The van der Waals surface area contributed by atoms with Gasteiger partial charge in [0.05, 0.1) is 34.9 Å². The topological polar surface area (TPSA) is 227 Å². The van der Waals surface area contributed by atoms with Crippen molar-refractivity contribution in [3.63, 3.8) is 0 Å². The number of aliphatic hydroxyl groups is 1. The van der Waals surface area contributed by atoms with Gasteiger partial charge in [0.2, 0.25) is 5.91 Å². The van der Waals surface area contributed by atoms with Crippen LogP contribution in [-0.4, -0.2) is 107 Å². The molecule has 0 unspecified atom stereocenters. The molecular weight excluding hydrogens is 912 g/mol. The van der Waals surface area contributed by atoms with E-state index in [-0.39, 0.29) is 29.1 Å². The number of pyridine rings is 2. The summed E-state index contributed by atoms with van der Waals surface area (Å²) in [5.74, 6) is 0.593. The molecule has 0 radical (unpaired) electrons. The molecule has 1 atom stereocenters. The molecule has 70 heavy (non-hydrogen) atoms. The van der Waals surface area contributed by atoms with E-state index in [1.54, 1.807) is 56.4 Å². The van der Waals surface area contributed by atoms with Gasteiger partial charge in [-0.3, -0.25) is 24.2 Å². The summed E-state index contributed by atoms with van der Waals surface area (Å²) in [6, 6.07) is 15.3. The summed E-state index contributed by atoms with van der Waals surface area (Å²) in [6.07, 6.45) is 8.09. The molecule has 0 saturated carbocycles. The number of amides is 2. The van der Waals surface area contributed by atoms with Crippen LogP contribution in [0, 0.1) is 5.41 Å². The Balaban J connectivity index is 0.899. The average Bonchev–Trinajstić information content (AvgIpc) is 3.81. The quantitative estimate of drug-likeness (QED) is 0.0652. The van der Waals surface area contributed by atoms with Gasteiger partial charge in [-0.15, -0.1) is 0 Å². The minimum atomic E-state index is -4.48. The second kappa shape index (κ2) is 18.8. The zero-order valence-electron chi connectivity index (χ0n) is 40.6. The van der Waals surface area contributed by atoms with Gasteiger partial charge in [0.15, 0.2) is 5.82 Å². The Bertz CT molecular complexity index is 2970. The Morgan fingerprint density at radius 2 is 1.77 bits per heavy atom. The van der Waals surface area contributed by atoms with Gasteiger partial charge in [0.25, 0.3) is 11.5 Å². The number of piperidine rings is 1. The first-order valence-corrected chi connectivity index (χ1v) is 25.5. The van der Waals surface area contributed by atoms with Crippen LogP contribution in [0.25, 0.3) is 11.3 Å². The van der Waals surface area contributed by atoms with Crippen LogP contribution in [0.15, 0.2) is 78.4 Å². The molecule has 7 heterocycles. The molecule has 2 fully saturated rings. The highest BCUT2D eigenvalue weighted by Crippen LogP contribution is 2.41. The molecule has 5 aromatic rings. The van der Waals surface area contributed by atoms with E-state index in [9.17, 15) is 33.8 Å². The summed E-state index contributed by atoms with van der Waals surface area (Å²) in [5.41, 5.74) is 5.55. The van der Waals surface area contributed by atoms with E-state index >= 15 is 0 Å². The number of hydrogen-bond donors (Lipinski definition) is 6. The summed E-state index contributed by atoms with van der Waals surface area (Å²) >= 11 is 0. The highest BCUT2D eigenvalue weighted by atomic mass is 31.2. The predicted octanol–water partition coefficient (Wildman–Crippen LogP) is 5.28. The second-order valence-electron chi connectivity index (χ2n) is 20.3.